The van der Waals surface area contributed by atoms with Crippen LogP contribution < -0.4 is 10.0 Å². The average molecular weight is 378 g/mol. The van der Waals surface area contributed by atoms with Gasteiger partial charge in [-0.15, -0.1) is 0 Å². The van der Waals surface area contributed by atoms with Gasteiger partial charge in [0.25, 0.3) is 5.69 Å². The van der Waals surface area contributed by atoms with E-state index in [0.29, 0.717) is 10.0 Å². The van der Waals surface area contributed by atoms with Crippen LogP contribution in [0.2, 0.25) is 0 Å². The number of rotatable bonds is 5. The predicted octanol–water partition coefficient (Wildman–Crippen LogP) is 1.70. The predicted molar refractivity (Wildman–Crippen MR) is 81.7 cm³/mol. The molecule has 1 atom stereocenters. The fourth-order valence-corrected chi connectivity index (χ4v) is 3.94. The number of hydrogen-bond acceptors (Lipinski definition) is 5. The van der Waals surface area contributed by atoms with Crippen LogP contribution in [0.4, 0.5) is 5.69 Å². The lowest BCUT2D eigenvalue weighted by atomic mass is 10.2. The van der Waals surface area contributed by atoms with Crippen molar-refractivity contribution >= 4 is 31.6 Å². The third-order valence-corrected chi connectivity index (χ3v) is 5.71. The van der Waals surface area contributed by atoms with E-state index in [1.165, 1.54) is 6.07 Å². The van der Waals surface area contributed by atoms with Crippen molar-refractivity contribution in [2.45, 2.75) is 30.7 Å². The van der Waals surface area contributed by atoms with Gasteiger partial charge in [0, 0.05) is 28.7 Å². The second-order valence-corrected chi connectivity index (χ2v) is 7.57. The number of nitro benzene ring substituents is 1. The summed E-state index contributed by atoms with van der Waals surface area (Å²) in [4.78, 5) is 10.3. The van der Waals surface area contributed by atoms with Crippen LogP contribution >= 0.6 is 15.9 Å². The van der Waals surface area contributed by atoms with Crippen LogP contribution in [0.3, 0.4) is 0 Å². The van der Waals surface area contributed by atoms with E-state index in [1.807, 2.05) is 0 Å². The first-order valence-electron chi connectivity index (χ1n) is 6.49. The first-order chi connectivity index (χ1) is 9.81. The molecule has 1 aromatic carbocycles. The van der Waals surface area contributed by atoms with Gasteiger partial charge in [-0.2, -0.15) is 0 Å². The van der Waals surface area contributed by atoms with Crippen LogP contribution in [0.5, 0.6) is 0 Å². The maximum absolute atomic E-state index is 12.2. The van der Waals surface area contributed by atoms with E-state index in [-0.39, 0.29) is 23.2 Å². The average Bonchev–Trinajstić information content (AvgIpc) is 2.92. The number of hydrogen-bond donors (Lipinski definition) is 2. The van der Waals surface area contributed by atoms with Crippen molar-refractivity contribution in [1.82, 2.24) is 10.0 Å². The molecule has 116 valence electrons. The molecule has 0 aliphatic carbocycles. The third-order valence-electron chi connectivity index (χ3n) is 3.48. The highest BCUT2D eigenvalue weighted by Gasteiger charge is 2.23. The second kappa shape index (κ2) is 6.39. The van der Waals surface area contributed by atoms with Gasteiger partial charge >= 0.3 is 0 Å². The molecule has 21 heavy (non-hydrogen) atoms. The molecular weight excluding hydrogens is 362 g/mol. The van der Waals surface area contributed by atoms with E-state index in [2.05, 4.69) is 26.0 Å². The summed E-state index contributed by atoms with van der Waals surface area (Å²) in [6.45, 7) is 2.73. The van der Waals surface area contributed by atoms with Crippen molar-refractivity contribution in [3.8, 4) is 0 Å². The minimum atomic E-state index is -3.77. The molecule has 0 radical (unpaired) electrons. The highest BCUT2D eigenvalue weighted by molar-refractivity contribution is 9.10. The summed E-state index contributed by atoms with van der Waals surface area (Å²) in [6.07, 6.45) is 1.94. The van der Waals surface area contributed by atoms with Crippen molar-refractivity contribution in [2.75, 3.05) is 13.1 Å². The van der Waals surface area contributed by atoms with Crippen LogP contribution in [0.15, 0.2) is 21.5 Å². The molecule has 7 nitrogen and oxygen atoms in total. The summed E-state index contributed by atoms with van der Waals surface area (Å²) < 4.78 is 27.4. The molecule has 2 N–H and O–H groups in total. The van der Waals surface area contributed by atoms with Gasteiger partial charge in [-0.1, -0.05) is 15.9 Å². The molecule has 1 aliphatic heterocycles. The summed E-state index contributed by atoms with van der Waals surface area (Å²) in [7, 11) is -3.77. The summed E-state index contributed by atoms with van der Waals surface area (Å²) in [5, 5.41) is 14.2. The number of nitrogens with zero attached hydrogens (tertiary/aromatic N) is 1. The Kier molecular flexibility index (Phi) is 4.97. The van der Waals surface area contributed by atoms with E-state index in [9.17, 15) is 18.5 Å². The summed E-state index contributed by atoms with van der Waals surface area (Å²) in [5.41, 5.74) is 0.181. The maximum Gasteiger partial charge on any atom is 0.274 e. The summed E-state index contributed by atoms with van der Waals surface area (Å²) in [6, 6.07) is 2.58. The Bertz CT molecular complexity index is 657. The molecule has 1 aliphatic rings. The van der Waals surface area contributed by atoms with E-state index < -0.39 is 14.9 Å². The normalized spacial score (nSPS) is 18.9. The number of sulfonamides is 1. The van der Waals surface area contributed by atoms with Gasteiger partial charge in [-0.25, -0.2) is 13.1 Å². The van der Waals surface area contributed by atoms with Gasteiger partial charge < -0.3 is 5.32 Å². The first kappa shape index (κ1) is 16.3. The van der Waals surface area contributed by atoms with Crippen molar-refractivity contribution in [3.05, 3.63) is 32.3 Å². The molecule has 9 heteroatoms. The van der Waals surface area contributed by atoms with E-state index in [1.54, 1.807) is 6.92 Å². The van der Waals surface area contributed by atoms with Crippen LogP contribution in [0, 0.1) is 17.0 Å². The Balaban J connectivity index is 2.24. The SMILES string of the molecule is Cc1c(Br)cc(S(=O)(=O)NCC2CCCN2)cc1[N+](=O)[O-]. The topological polar surface area (TPSA) is 101 Å². The lowest BCUT2D eigenvalue weighted by Crippen LogP contribution is -2.37. The Hall–Kier alpha value is -1.03. The number of halogens is 1. The van der Waals surface area contributed by atoms with Crippen LogP contribution in [0.25, 0.3) is 0 Å². The molecule has 1 saturated heterocycles. The number of nitro groups is 1. The molecule has 0 spiro atoms. The molecule has 0 amide bonds. The zero-order valence-electron chi connectivity index (χ0n) is 11.4. The van der Waals surface area contributed by atoms with E-state index in [4.69, 9.17) is 0 Å². The van der Waals surface area contributed by atoms with Crippen molar-refractivity contribution in [2.24, 2.45) is 0 Å². The lowest BCUT2D eigenvalue weighted by Gasteiger charge is -2.12. The summed E-state index contributed by atoms with van der Waals surface area (Å²) in [5.74, 6) is 0. The van der Waals surface area contributed by atoms with E-state index >= 15 is 0 Å². The van der Waals surface area contributed by atoms with Crippen LogP contribution in [0.1, 0.15) is 18.4 Å². The minimum absolute atomic E-state index is 0.107. The molecule has 0 saturated carbocycles. The molecule has 0 bridgehead atoms. The van der Waals surface area contributed by atoms with Gasteiger partial charge in [0.1, 0.15) is 0 Å². The molecule has 1 unspecified atom stereocenters. The fourth-order valence-electron chi connectivity index (χ4n) is 2.21. The van der Waals surface area contributed by atoms with Gasteiger partial charge in [-0.05, 0) is 32.4 Å². The molecule has 1 heterocycles. The lowest BCUT2D eigenvalue weighted by molar-refractivity contribution is -0.385. The maximum atomic E-state index is 12.2. The zero-order valence-corrected chi connectivity index (χ0v) is 13.8. The minimum Gasteiger partial charge on any atom is -0.313 e. The Morgan fingerprint density at radius 3 is 2.81 bits per heavy atom. The van der Waals surface area contributed by atoms with E-state index in [0.717, 1.165) is 25.5 Å². The van der Waals surface area contributed by atoms with Gasteiger partial charge in [0.15, 0.2) is 0 Å². The van der Waals surface area contributed by atoms with Crippen molar-refractivity contribution in [3.63, 3.8) is 0 Å². The number of benzene rings is 1. The molecule has 1 aromatic rings. The molecule has 2 rings (SSSR count). The largest absolute Gasteiger partial charge is 0.313 e. The van der Waals surface area contributed by atoms with Gasteiger partial charge in [-0.3, -0.25) is 10.1 Å². The molecule has 0 aromatic heterocycles. The number of nitrogens with one attached hydrogen (secondary N) is 2. The highest BCUT2D eigenvalue weighted by atomic mass is 79.9. The van der Waals surface area contributed by atoms with Gasteiger partial charge in [0.05, 0.1) is 9.82 Å². The van der Waals surface area contributed by atoms with Gasteiger partial charge in [0.2, 0.25) is 10.0 Å². The quantitative estimate of drug-likeness (QED) is 0.600. The van der Waals surface area contributed by atoms with Crippen LogP contribution in [-0.4, -0.2) is 32.5 Å². The van der Waals surface area contributed by atoms with Crippen molar-refractivity contribution < 1.29 is 13.3 Å². The third kappa shape index (κ3) is 3.79. The Morgan fingerprint density at radius 1 is 1.52 bits per heavy atom. The standard InChI is InChI=1S/C12H16BrN3O4S/c1-8-11(13)5-10(6-12(8)16(17)18)21(19,20)15-7-9-3-2-4-14-9/h5-6,9,14-15H,2-4,7H2,1H3. The second-order valence-electron chi connectivity index (χ2n) is 4.95. The molecular formula is C12H16BrN3O4S. The van der Waals surface area contributed by atoms with Crippen molar-refractivity contribution in [1.29, 1.82) is 0 Å². The summed E-state index contributed by atoms with van der Waals surface area (Å²) >= 11 is 3.17. The first-order valence-corrected chi connectivity index (χ1v) is 8.76. The smallest absolute Gasteiger partial charge is 0.274 e. The fraction of sp³-hybridized carbons (Fsp3) is 0.500. The van der Waals surface area contributed by atoms with Crippen LogP contribution in [-0.2, 0) is 10.0 Å². The molecule has 1 fully saturated rings. The Labute approximate surface area is 131 Å². The Morgan fingerprint density at radius 2 is 2.24 bits per heavy atom. The zero-order chi connectivity index (χ0) is 15.6. The monoisotopic (exact) mass is 377 g/mol. The highest BCUT2D eigenvalue weighted by Crippen LogP contribution is 2.29.